The molecule has 2 aliphatic heterocycles. The van der Waals surface area contributed by atoms with Crippen LogP contribution in [0.3, 0.4) is 0 Å². The Balaban J connectivity index is 1.59. The summed E-state index contributed by atoms with van der Waals surface area (Å²) < 4.78 is 0. The smallest absolute Gasteiger partial charge is 0.255 e. The first kappa shape index (κ1) is 20.2. The van der Waals surface area contributed by atoms with Crippen molar-refractivity contribution in [3.8, 4) is 0 Å². The number of likely N-dealkylation sites (tertiary alicyclic amines) is 1. The van der Waals surface area contributed by atoms with Crippen LogP contribution in [0.5, 0.6) is 0 Å². The monoisotopic (exact) mass is 388 g/mol. The molecule has 2 fully saturated rings. The number of nitrogens with zero attached hydrogens (tertiary/aromatic N) is 2. The van der Waals surface area contributed by atoms with Crippen LogP contribution in [-0.2, 0) is 4.79 Å². The maximum absolute atomic E-state index is 13.1. The van der Waals surface area contributed by atoms with Gasteiger partial charge in [0.25, 0.3) is 5.91 Å². The summed E-state index contributed by atoms with van der Waals surface area (Å²) in [6.45, 7) is 6.57. The Morgan fingerprint density at radius 1 is 1.11 bits per heavy atom. The van der Waals surface area contributed by atoms with Crippen LogP contribution in [0.2, 0.25) is 0 Å². The number of thioether (sulfide) groups is 1. The number of piperidine rings is 1. The van der Waals surface area contributed by atoms with Crippen molar-refractivity contribution < 1.29 is 9.59 Å². The number of rotatable bonds is 6. The van der Waals surface area contributed by atoms with E-state index in [2.05, 4.69) is 11.8 Å². The lowest BCUT2D eigenvalue weighted by atomic mass is 10.00. The van der Waals surface area contributed by atoms with Gasteiger partial charge >= 0.3 is 0 Å². The molecule has 5 heteroatoms. The molecule has 0 bridgehead atoms. The SMILES string of the molecule is CCCCCCC(=O)N1CCC2(CC1)SCCN2C(=O)c1cccc(C)c1. The standard InChI is InChI=1S/C22H32N2O2S/c1-3-4-5-6-10-20(25)23-13-11-22(12-14-23)24(15-16-27-22)21(26)19-9-7-8-18(2)17-19/h7-9,17H,3-6,10-16H2,1-2H3. The third-order valence-electron chi connectivity index (χ3n) is 5.83. The first-order valence-electron chi connectivity index (χ1n) is 10.4. The fourth-order valence-electron chi connectivity index (χ4n) is 4.21. The van der Waals surface area contributed by atoms with Gasteiger partial charge < -0.3 is 9.80 Å². The van der Waals surface area contributed by atoms with E-state index in [1.807, 2.05) is 47.9 Å². The number of carbonyl (C=O) groups is 2. The van der Waals surface area contributed by atoms with E-state index in [9.17, 15) is 9.59 Å². The maximum Gasteiger partial charge on any atom is 0.255 e. The number of hydrogen-bond acceptors (Lipinski definition) is 3. The molecule has 0 unspecified atom stereocenters. The van der Waals surface area contributed by atoms with E-state index in [0.29, 0.717) is 12.3 Å². The van der Waals surface area contributed by atoms with Crippen molar-refractivity contribution in [3.63, 3.8) is 0 Å². The predicted molar refractivity (Wildman–Crippen MR) is 112 cm³/mol. The molecule has 3 rings (SSSR count). The average Bonchev–Trinajstić information content (AvgIpc) is 3.08. The first-order chi connectivity index (χ1) is 13.1. The van der Waals surface area contributed by atoms with E-state index < -0.39 is 0 Å². The lowest BCUT2D eigenvalue weighted by Crippen LogP contribution is -2.53. The molecule has 0 aliphatic carbocycles. The van der Waals surface area contributed by atoms with Crippen molar-refractivity contribution in [1.82, 2.24) is 9.80 Å². The van der Waals surface area contributed by atoms with Gasteiger partial charge in [0, 0.05) is 37.4 Å². The Hall–Kier alpha value is -1.49. The summed E-state index contributed by atoms with van der Waals surface area (Å²) in [6, 6.07) is 7.88. The quantitative estimate of drug-likeness (QED) is 0.675. The maximum atomic E-state index is 13.1. The van der Waals surface area contributed by atoms with Crippen LogP contribution in [0.25, 0.3) is 0 Å². The van der Waals surface area contributed by atoms with Crippen LogP contribution in [-0.4, -0.2) is 51.9 Å². The Kier molecular flexibility index (Phi) is 6.85. The highest BCUT2D eigenvalue weighted by atomic mass is 32.2. The number of carbonyl (C=O) groups excluding carboxylic acids is 2. The second-order valence-electron chi connectivity index (χ2n) is 7.81. The molecular formula is C22H32N2O2S. The third kappa shape index (κ3) is 4.68. The molecule has 148 valence electrons. The zero-order chi connectivity index (χ0) is 19.3. The largest absolute Gasteiger partial charge is 0.342 e. The molecule has 2 aliphatic rings. The molecule has 0 aromatic heterocycles. The lowest BCUT2D eigenvalue weighted by molar-refractivity contribution is -0.132. The molecule has 2 saturated heterocycles. The second kappa shape index (κ2) is 9.13. The molecule has 1 aromatic carbocycles. The first-order valence-corrected chi connectivity index (χ1v) is 11.3. The number of unbranched alkanes of at least 4 members (excludes halogenated alkanes) is 3. The summed E-state index contributed by atoms with van der Waals surface area (Å²) in [6.07, 6.45) is 7.00. The Labute approximate surface area is 167 Å². The predicted octanol–water partition coefficient (Wildman–Crippen LogP) is 4.47. The fourth-order valence-corrected chi connectivity index (χ4v) is 5.67. The van der Waals surface area contributed by atoms with Gasteiger partial charge in [0.2, 0.25) is 5.91 Å². The zero-order valence-corrected chi connectivity index (χ0v) is 17.5. The van der Waals surface area contributed by atoms with Crippen LogP contribution in [0.1, 0.15) is 67.8 Å². The normalized spacial score (nSPS) is 18.9. The highest BCUT2D eigenvalue weighted by molar-refractivity contribution is 8.00. The molecule has 4 nitrogen and oxygen atoms in total. The van der Waals surface area contributed by atoms with Crippen molar-refractivity contribution in [2.45, 2.75) is 63.7 Å². The van der Waals surface area contributed by atoms with Crippen molar-refractivity contribution >= 4 is 23.6 Å². The van der Waals surface area contributed by atoms with Crippen molar-refractivity contribution in [2.75, 3.05) is 25.4 Å². The molecule has 0 N–H and O–H groups in total. The highest BCUT2D eigenvalue weighted by Gasteiger charge is 2.46. The van der Waals surface area contributed by atoms with E-state index in [1.165, 1.54) is 12.8 Å². The van der Waals surface area contributed by atoms with E-state index >= 15 is 0 Å². The lowest BCUT2D eigenvalue weighted by Gasteiger charge is -2.44. The van der Waals surface area contributed by atoms with Crippen LogP contribution < -0.4 is 0 Å². The average molecular weight is 389 g/mol. The summed E-state index contributed by atoms with van der Waals surface area (Å²) in [7, 11) is 0. The van der Waals surface area contributed by atoms with Crippen LogP contribution in [0, 0.1) is 6.92 Å². The summed E-state index contributed by atoms with van der Waals surface area (Å²) in [5, 5.41) is 0. The number of aryl methyl sites for hydroxylation is 1. The van der Waals surface area contributed by atoms with Crippen LogP contribution in [0.15, 0.2) is 24.3 Å². The van der Waals surface area contributed by atoms with E-state index in [-0.39, 0.29) is 10.8 Å². The zero-order valence-electron chi connectivity index (χ0n) is 16.7. The van der Waals surface area contributed by atoms with Gasteiger partial charge in [0.15, 0.2) is 0 Å². The van der Waals surface area contributed by atoms with Crippen molar-refractivity contribution in [1.29, 1.82) is 0 Å². The van der Waals surface area contributed by atoms with Crippen molar-refractivity contribution in [3.05, 3.63) is 35.4 Å². The summed E-state index contributed by atoms with van der Waals surface area (Å²) in [5.41, 5.74) is 1.90. The minimum absolute atomic E-state index is 0.125. The van der Waals surface area contributed by atoms with Gasteiger partial charge in [-0.1, -0.05) is 43.9 Å². The summed E-state index contributed by atoms with van der Waals surface area (Å²) >= 11 is 1.91. The van der Waals surface area contributed by atoms with Gasteiger partial charge in [-0.3, -0.25) is 9.59 Å². The molecule has 0 atom stereocenters. The summed E-state index contributed by atoms with van der Waals surface area (Å²) in [5.74, 6) is 1.42. The molecule has 0 saturated carbocycles. The van der Waals surface area contributed by atoms with Gasteiger partial charge in [-0.05, 0) is 38.3 Å². The second-order valence-corrected chi connectivity index (χ2v) is 9.27. The van der Waals surface area contributed by atoms with Gasteiger partial charge in [0.05, 0.1) is 4.87 Å². The number of amides is 2. The van der Waals surface area contributed by atoms with E-state index in [0.717, 1.165) is 62.2 Å². The minimum atomic E-state index is -0.125. The van der Waals surface area contributed by atoms with E-state index in [1.54, 1.807) is 0 Å². The molecular weight excluding hydrogens is 356 g/mol. The topological polar surface area (TPSA) is 40.6 Å². The highest BCUT2D eigenvalue weighted by Crippen LogP contribution is 2.44. The number of benzene rings is 1. The molecule has 2 heterocycles. The van der Waals surface area contributed by atoms with Gasteiger partial charge in [-0.2, -0.15) is 0 Å². The Bertz CT molecular complexity index is 668. The Morgan fingerprint density at radius 3 is 2.59 bits per heavy atom. The summed E-state index contributed by atoms with van der Waals surface area (Å²) in [4.78, 5) is 29.6. The van der Waals surface area contributed by atoms with Crippen molar-refractivity contribution in [2.24, 2.45) is 0 Å². The number of hydrogen-bond donors (Lipinski definition) is 0. The van der Waals surface area contributed by atoms with E-state index in [4.69, 9.17) is 0 Å². The van der Waals surface area contributed by atoms with Gasteiger partial charge in [-0.15, -0.1) is 11.8 Å². The minimum Gasteiger partial charge on any atom is -0.342 e. The molecule has 2 amide bonds. The van der Waals surface area contributed by atoms with Gasteiger partial charge in [-0.25, -0.2) is 0 Å². The molecule has 1 aromatic rings. The van der Waals surface area contributed by atoms with Crippen LogP contribution >= 0.6 is 11.8 Å². The third-order valence-corrected chi connectivity index (χ3v) is 7.38. The molecule has 0 radical (unpaired) electrons. The van der Waals surface area contributed by atoms with Gasteiger partial charge in [0.1, 0.15) is 0 Å². The van der Waals surface area contributed by atoms with Crippen LogP contribution in [0.4, 0.5) is 0 Å². The fraction of sp³-hybridized carbons (Fsp3) is 0.636. The molecule has 1 spiro atoms. The molecule has 27 heavy (non-hydrogen) atoms. The Morgan fingerprint density at radius 2 is 1.89 bits per heavy atom.